The predicted octanol–water partition coefficient (Wildman–Crippen LogP) is 3.37. The van der Waals surface area contributed by atoms with Crippen LogP contribution in [0.4, 0.5) is 5.69 Å². The Balaban J connectivity index is 2.60. The number of nitrogens with zero attached hydrogens (tertiary/aromatic N) is 2. The van der Waals surface area contributed by atoms with Crippen LogP contribution in [-0.4, -0.2) is 15.1 Å². The van der Waals surface area contributed by atoms with Gasteiger partial charge in [0.05, 0.1) is 4.92 Å². The second kappa shape index (κ2) is 4.60. The summed E-state index contributed by atoms with van der Waals surface area (Å²) in [4.78, 5) is 10.2. The number of halogens is 1. The number of aromatic nitrogens is 2. The summed E-state index contributed by atoms with van der Waals surface area (Å²) in [5.41, 5.74) is 1.25. The number of aromatic amines is 1. The van der Waals surface area contributed by atoms with E-state index in [9.17, 15) is 10.1 Å². The van der Waals surface area contributed by atoms with E-state index < -0.39 is 4.92 Å². The maximum absolute atomic E-state index is 10.7. The number of nitro groups is 1. The summed E-state index contributed by atoms with van der Waals surface area (Å²) in [5.74, 6) is 0. The molecule has 0 unspecified atom stereocenters. The quantitative estimate of drug-likeness (QED) is 0.514. The van der Waals surface area contributed by atoms with Gasteiger partial charge in [-0.25, -0.2) is 0 Å². The Hall–Kier alpha value is -1.79. The average Bonchev–Trinajstić information content (AvgIpc) is 2.32. The van der Waals surface area contributed by atoms with Crippen molar-refractivity contribution in [3.05, 3.63) is 50.2 Å². The average molecular weight is 268 g/mol. The van der Waals surface area contributed by atoms with Crippen LogP contribution in [0.3, 0.4) is 0 Å². The summed E-state index contributed by atoms with van der Waals surface area (Å²) in [6, 6.07) is 7.74. The van der Waals surface area contributed by atoms with Crippen LogP contribution in [0.15, 0.2) is 30.3 Å². The molecule has 2 aromatic rings. The molecule has 0 aliphatic heterocycles. The van der Waals surface area contributed by atoms with Crippen LogP contribution in [0.25, 0.3) is 11.1 Å². The van der Waals surface area contributed by atoms with Gasteiger partial charge in [-0.15, -0.1) is 0 Å². The molecule has 7 heteroatoms. The van der Waals surface area contributed by atoms with E-state index in [4.69, 9.17) is 23.8 Å². The molecule has 0 spiro atoms. The number of non-ortho nitro benzene ring substituents is 1. The van der Waals surface area contributed by atoms with Gasteiger partial charge < -0.3 is 0 Å². The van der Waals surface area contributed by atoms with Crippen LogP contribution < -0.4 is 0 Å². The van der Waals surface area contributed by atoms with Crippen molar-refractivity contribution >= 4 is 29.5 Å². The molecule has 0 saturated carbocycles. The van der Waals surface area contributed by atoms with Gasteiger partial charge in [0.1, 0.15) is 9.79 Å². The van der Waals surface area contributed by atoms with Gasteiger partial charge in [0.2, 0.25) is 0 Å². The maximum Gasteiger partial charge on any atom is 0.270 e. The molecule has 0 radical (unpaired) electrons. The molecular weight excluding hydrogens is 262 g/mol. The van der Waals surface area contributed by atoms with Crippen LogP contribution >= 0.6 is 23.8 Å². The molecule has 0 saturated heterocycles. The van der Waals surface area contributed by atoms with E-state index in [-0.39, 0.29) is 10.8 Å². The van der Waals surface area contributed by atoms with Gasteiger partial charge in [-0.1, -0.05) is 36.0 Å². The van der Waals surface area contributed by atoms with Crippen LogP contribution in [-0.2, 0) is 0 Å². The van der Waals surface area contributed by atoms with Gasteiger partial charge >= 0.3 is 0 Å². The van der Waals surface area contributed by atoms with E-state index in [2.05, 4.69) is 10.2 Å². The van der Waals surface area contributed by atoms with E-state index in [1.165, 1.54) is 12.1 Å². The monoisotopic (exact) mass is 267 g/mol. The zero-order chi connectivity index (χ0) is 12.4. The Labute approximate surface area is 106 Å². The van der Waals surface area contributed by atoms with Crippen LogP contribution in [0.2, 0.25) is 5.15 Å². The molecule has 1 aromatic heterocycles. The van der Waals surface area contributed by atoms with Crippen molar-refractivity contribution in [1.29, 1.82) is 0 Å². The van der Waals surface area contributed by atoms with Crippen molar-refractivity contribution in [3.8, 4) is 11.1 Å². The van der Waals surface area contributed by atoms with Crippen molar-refractivity contribution in [1.82, 2.24) is 10.2 Å². The van der Waals surface area contributed by atoms with Gasteiger partial charge in [0, 0.05) is 17.7 Å². The van der Waals surface area contributed by atoms with Gasteiger partial charge in [0.15, 0.2) is 0 Å². The molecule has 0 aliphatic rings. The predicted molar refractivity (Wildman–Crippen MR) is 66.5 cm³/mol. The number of nitrogens with one attached hydrogen (secondary N) is 1. The molecule has 1 N–H and O–H groups in total. The molecule has 0 fully saturated rings. The minimum Gasteiger partial charge on any atom is -0.266 e. The van der Waals surface area contributed by atoms with E-state index >= 15 is 0 Å². The first-order valence-corrected chi connectivity index (χ1v) is 5.36. The van der Waals surface area contributed by atoms with E-state index in [1.54, 1.807) is 18.2 Å². The van der Waals surface area contributed by atoms with E-state index in [1.807, 2.05) is 0 Å². The van der Waals surface area contributed by atoms with Gasteiger partial charge in [-0.3, -0.25) is 15.2 Å². The largest absolute Gasteiger partial charge is 0.270 e. The van der Waals surface area contributed by atoms with Crippen LogP contribution in [0.1, 0.15) is 0 Å². The number of hydrogen-bond donors (Lipinski definition) is 1. The highest BCUT2D eigenvalue weighted by molar-refractivity contribution is 7.71. The number of H-pyrrole nitrogens is 1. The van der Waals surface area contributed by atoms with Crippen molar-refractivity contribution in [2.75, 3.05) is 0 Å². The molecule has 2 rings (SSSR count). The number of hydrogen-bond acceptors (Lipinski definition) is 4. The first-order chi connectivity index (χ1) is 8.08. The molecule has 86 valence electrons. The highest BCUT2D eigenvalue weighted by Crippen LogP contribution is 2.25. The minimum absolute atomic E-state index is 0.00448. The third kappa shape index (κ3) is 2.48. The van der Waals surface area contributed by atoms with Gasteiger partial charge in [-0.05, 0) is 11.6 Å². The van der Waals surface area contributed by atoms with Crippen molar-refractivity contribution in [2.24, 2.45) is 0 Å². The normalized spacial score (nSPS) is 10.2. The lowest BCUT2D eigenvalue weighted by molar-refractivity contribution is -0.384. The molecule has 0 aliphatic carbocycles. The number of rotatable bonds is 2. The zero-order valence-electron chi connectivity index (χ0n) is 8.38. The summed E-state index contributed by atoms with van der Waals surface area (Å²) in [6.07, 6.45) is 0. The van der Waals surface area contributed by atoms with Crippen LogP contribution in [0.5, 0.6) is 0 Å². The van der Waals surface area contributed by atoms with Gasteiger partial charge in [-0.2, -0.15) is 5.10 Å². The Bertz CT molecular complexity index is 641. The fourth-order valence-corrected chi connectivity index (χ4v) is 1.76. The Morgan fingerprint density at radius 1 is 1.41 bits per heavy atom. The number of nitro benzene ring substituents is 1. The highest BCUT2D eigenvalue weighted by Gasteiger charge is 2.08. The summed E-state index contributed by atoms with van der Waals surface area (Å²) >= 11 is 10.8. The second-order valence-electron chi connectivity index (χ2n) is 3.24. The summed E-state index contributed by atoms with van der Waals surface area (Å²) < 4.78 is 0.384. The van der Waals surface area contributed by atoms with Crippen molar-refractivity contribution in [2.45, 2.75) is 0 Å². The van der Waals surface area contributed by atoms with Gasteiger partial charge in [0.25, 0.3) is 5.69 Å². The lowest BCUT2D eigenvalue weighted by Crippen LogP contribution is -1.90. The summed E-state index contributed by atoms with van der Waals surface area (Å²) in [5, 5.41) is 17.2. The van der Waals surface area contributed by atoms with Crippen molar-refractivity contribution in [3.63, 3.8) is 0 Å². The molecule has 0 atom stereocenters. The first-order valence-electron chi connectivity index (χ1n) is 4.58. The highest BCUT2D eigenvalue weighted by atomic mass is 35.5. The lowest BCUT2D eigenvalue weighted by Gasteiger charge is -2.01. The van der Waals surface area contributed by atoms with Crippen LogP contribution in [0, 0.1) is 14.8 Å². The molecule has 0 amide bonds. The molecule has 1 aromatic carbocycles. The summed E-state index contributed by atoms with van der Waals surface area (Å²) in [6.45, 7) is 0. The molecule has 5 nitrogen and oxygen atoms in total. The standard InChI is InChI=1S/C10H6ClN3O2S/c11-9-5-8(10(17)13-12-9)6-2-1-3-7(4-6)14(15)16/h1-5H,(H,13,17). The smallest absolute Gasteiger partial charge is 0.266 e. The molecular formula is C10H6ClN3O2S. The number of benzene rings is 1. The SMILES string of the molecule is O=[N+]([O-])c1cccc(-c2cc(Cl)n[nH]c2=S)c1. The Morgan fingerprint density at radius 2 is 2.18 bits per heavy atom. The summed E-state index contributed by atoms with van der Waals surface area (Å²) in [7, 11) is 0. The second-order valence-corrected chi connectivity index (χ2v) is 4.04. The van der Waals surface area contributed by atoms with E-state index in [0.29, 0.717) is 15.8 Å². The minimum atomic E-state index is -0.459. The van der Waals surface area contributed by atoms with E-state index in [0.717, 1.165) is 0 Å². The molecule has 0 bridgehead atoms. The Kier molecular flexibility index (Phi) is 3.16. The molecule has 1 heterocycles. The molecule has 17 heavy (non-hydrogen) atoms. The topological polar surface area (TPSA) is 71.8 Å². The van der Waals surface area contributed by atoms with Crippen molar-refractivity contribution < 1.29 is 4.92 Å². The third-order valence-electron chi connectivity index (χ3n) is 2.14. The zero-order valence-corrected chi connectivity index (χ0v) is 9.96. The first kappa shape index (κ1) is 11.7. The lowest BCUT2D eigenvalue weighted by atomic mass is 10.1. The Morgan fingerprint density at radius 3 is 2.88 bits per heavy atom. The maximum atomic E-state index is 10.7. The fourth-order valence-electron chi connectivity index (χ4n) is 1.38. The third-order valence-corrected chi connectivity index (χ3v) is 2.65. The fraction of sp³-hybridized carbons (Fsp3) is 0.